The van der Waals surface area contributed by atoms with Gasteiger partial charge in [0, 0.05) is 18.3 Å². The number of nitrogens with one attached hydrogen (secondary N) is 2. The van der Waals surface area contributed by atoms with Crippen LogP contribution in [0.1, 0.15) is 65.9 Å². The van der Waals surface area contributed by atoms with E-state index in [0.717, 1.165) is 42.6 Å². The number of aromatic nitrogens is 4. The zero-order chi connectivity index (χ0) is 18.4. The van der Waals surface area contributed by atoms with Crippen molar-refractivity contribution in [3.63, 3.8) is 0 Å². The topological polar surface area (TPSA) is 84.7 Å². The van der Waals surface area contributed by atoms with Crippen LogP contribution in [0.25, 0.3) is 0 Å². The van der Waals surface area contributed by atoms with Gasteiger partial charge in [0.15, 0.2) is 0 Å². The molecule has 3 heterocycles. The third kappa shape index (κ3) is 2.80. The number of hydrogen-bond acceptors (Lipinski definition) is 4. The van der Waals surface area contributed by atoms with Crippen LogP contribution in [0.4, 0.5) is 5.82 Å². The number of carbonyl (C=O) groups is 1. The zero-order valence-corrected chi connectivity index (χ0v) is 16.3. The third-order valence-electron chi connectivity index (χ3n) is 5.63. The average molecular weight is 375 g/mol. The second-order valence-electron chi connectivity index (χ2n) is 7.31. The summed E-state index contributed by atoms with van der Waals surface area (Å²) in [7, 11) is 1.91. The molecule has 1 amide bonds. The molecule has 4 rings (SSSR count). The van der Waals surface area contributed by atoms with Gasteiger partial charge in [-0.15, -0.1) is 11.8 Å². The minimum Gasteiger partial charge on any atom is -0.310 e. The van der Waals surface area contributed by atoms with E-state index in [1.165, 1.54) is 18.2 Å². The molecule has 2 N–H and O–H groups in total. The second kappa shape index (κ2) is 6.64. The number of carbonyl (C=O) groups excluding carboxylic acids is 1. The highest BCUT2D eigenvalue weighted by Gasteiger charge is 2.34. The summed E-state index contributed by atoms with van der Waals surface area (Å²) in [6, 6.07) is 0.250. The number of hydrogen-bond donors (Lipinski definition) is 2. The van der Waals surface area contributed by atoms with Crippen molar-refractivity contribution in [2.45, 2.75) is 57.2 Å². The van der Waals surface area contributed by atoms with Crippen LogP contribution in [0.3, 0.4) is 0 Å². The van der Waals surface area contributed by atoms with Crippen molar-refractivity contribution in [3.05, 3.63) is 32.9 Å². The van der Waals surface area contributed by atoms with Crippen molar-refractivity contribution in [1.29, 1.82) is 0 Å². The molecule has 0 spiro atoms. The van der Waals surface area contributed by atoms with Crippen molar-refractivity contribution >= 4 is 23.5 Å². The van der Waals surface area contributed by atoms with E-state index in [9.17, 15) is 9.59 Å². The molecule has 7 nitrogen and oxygen atoms in total. The molecule has 0 bridgehead atoms. The molecule has 2 aromatic heterocycles. The van der Waals surface area contributed by atoms with Crippen LogP contribution in [0.5, 0.6) is 0 Å². The Bertz CT molecular complexity index is 904. The lowest BCUT2D eigenvalue weighted by Gasteiger charge is -2.24. The van der Waals surface area contributed by atoms with Gasteiger partial charge in [0.1, 0.15) is 5.82 Å². The molecule has 2 aromatic rings. The second-order valence-corrected chi connectivity index (χ2v) is 8.41. The fourth-order valence-corrected chi connectivity index (χ4v) is 5.54. The largest absolute Gasteiger partial charge is 0.310 e. The lowest BCUT2D eigenvalue weighted by molar-refractivity contribution is -0.113. The number of H-pyrrole nitrogens is 1. The lowest BCUT2D eigenvalue weighted by atomic mass is 9.95. The molecule has 0 aromatic carbocycles. The van der Waals surface area contributed by atoms with Gasteiger partial charge >= 0.3 is 0 Å². The number of aromatic amines is 1. The first-order chi connectivity index (χ1) is 12.5. The molecule has 1 atom stereocenters. The number of nitrogens with zero attached hydrogens (tertiary/aromatic N) is 3. The molecule has 8 heteroatoms. The number of thioether (sulfide) groups is 1. The summed E-state index contributed by atoms with van der Waals surface area (Å²) in [4.78, 5) is 25.3. The van der Waals surface area contributed by atoms with E-state index in [4.69, 9.17) is 0 Å². The number of fused-ring (bicyclic) bond motifs is 1. The number of rotatable bonds is 2. The number of aryl methyl sites for hydroxylation is 2. The van der Waals surface area contributed by atoms with Gasteiger partial charge in [0.25, 0.3) is 5.56 Å². The lowest BCUT2D eigenvalue weighted by Crippen LogP contribution is -2.21. The minimum atomic E-state index is -0.189. The first-order valence-electron chi connectivity index (χ1n) is 9.23. The van der Waals surface area contributed by atoms with Gasteiger partial charge < -0.3 is 5.32 Å². The van der Waals surface area contributed by atoms with Gasteiger partial charge in [-0.05, 0) is 26.7 Å². The molecular weight excluding hydrogens is 350 g/mol. The molecule has 140 valence electrons. The smallest absolute Gasteiger partial charge is 0.270 e. The molecule has 2 aliphatic rings. The van der Waals surface area contributed by atoms with E-state index >= 15 is 0 Å². The van der Waals surface area contributed by atoms with Crippen molar-refractivity contribution in [3.8, 4) is 0 Å². The van der Waals surface area contributed by atoms with Crippen LogP contribution in [-0.2, 0) is 11.8 Å². The Morgan fingerprint density at radius 1 is 1.12 bits per heavy atom. The number of amides is 1. The van der Waals surface area contributed by atoms with Crippen LogP contribution < -0.4 is 10.9 Å². The van der Waals surface area contributed by atoms with E-state index < -0.39 is 0 Å². The Hall–Kier alpha value is -1.96. The molecular formula is C18H25N5O2S. The highest BCUT2D eigenvalue weighted by atomic mass is 32.2. The third-order valence-corrected chi connectivity index (χ3v) is 6.86. The van der Waals surface area contributed by atoms with Crippen LogP contribution >= 0.6 is 11.8 Å². The van der Waals surface area contributed by atoms with E-state index in [2.05, 4.69) is 15.5 Å². The molecule has 1 aliphatic heterocycles. The fourth-order valence-electron chi connectivity index (χ4n) is 4.25. The maximum Gasteiger partial charge on any atom is 0.270 e. The summed E-state index contributed by atoms with van der Waals surface area (Å²) in [6.07, 6.45) is 5.63. The average Bonchev–Trinajstić information content (AvgIpc) is 2.99. The van der Waals surface area contributed by atoms with E-state index in [0.29, 0.717) is 17.1 Å². The summed E-state index contributed by atoms with van der Waals surface area (Å²) in [6.45, 7) is 3.98. The van der Waals surface area contributed by atoms with Gasteiger partial charge in [-0.1, -0.05) is 19.3 Å². The van der Waals surface area contributed by atoms with Gasteiger partial charge in [0.2, 0.25) is 5.91 Å². The molecule has 0 radical (unpaired) electrons. The summed E-state index contributed by atoms with van der Waals surface area (Å²) in [5, 5.41) is 10.3. The normalized spacial score (nSPS) is 21.3. The maximum absolute atomic E-state index is 12.9. The summed E-state index contributed by atoms with van der Waals surface area (Å²) >= 11 is 1.51. The fraction of sp³-hybridized carbons (Fsp3) is 0.611. The first kappa shape index (κ1) is 17.5. The Morgan fingerprint density at radius 3 is 2.50 bits per heavy atom. The Kier molecular flexibility index (Phi) is 4.46. The van der Waals surface area contributed by atoms with E-state index in [1.807, 2.05) is 30.3 Å². The summed E-state index contributed by atoms with van der Waals surface area (Å²) < 4.78 is 3.77. The molecule has 1 unspecified atom stereocenters. The monoisotopic (exact) mass is 375 g/mol. The summed E-state index contributed by atoms with van der Waals surface area (Å²) in [5.41, 5.74) is 3.54. The van der Waals surface area contributed by atoms with Crippen molar-refractivity contribution in [2.24, 2.45) is 7.05 Å². The molecule has 1 aliphatic carbocycles. The van der Waals surface area contributed by atoms with Crippen LogP contribution in [0, 0.1) is 13.8 Å². The van der Waals surface area contributed by atoms with Crippen molar-refractivity contribution in [1.82, 2.24) is 19.6 Å². The minimum absolute atomic E-state index is 0.0542. The van der Waals surface area contributed by atoms with E-state index in [-0.39, 0.29) is 22.8 Å². The van der Waals surface area contributed by atoms with Gasteiger partial charge in [0.05, 0.1) is 28.3 Å². The highest BCUT2D eigenvalue weighted by Crippen LogP contribution is 2.43. The first-order valence-corrected chi connectivity index (χ1v) is 10.3. The SMILES string of the molecule is Cc1nn(C)c(C)c1C1SCC(=O)Nc2c1c(=O)[nH]n2C1CCCCC1. The van der Waals surface area contributed by atoms with Crippen LogP contribution in [-0.4, -0.2) is 31.2 Å². The molecule has 1 saturated carbocycles. The van der Waals surface area contributed by atoms with E-state index in [1.54, 1.807) is 0 Å². The standard InChI is InChI=1S/C18H25N5O2S/c1-10-14(11(2)22(3)20-10)16-15-17(19-13(24)9-26-16)23(21-18(15)25)12-7-5-4-6-8-12/h12,16H,4-9H2,1-3H3,(H,19,24)(H,21,25). The predicted octanol–water partition coefficient (Wildman–Crippen LogP) is 2.81. The Balaban J connectivity index is 1.87. The highest BCUT2D eigenvalue weighted by molar-refractivity contribution is 8.00. The van der Waals surface area contributed by atoms with Crippen LogP contribution in [0.2, 0.25) is 0 Å². The quantitative estimate of drug-likeness (QED) is 0.845. The summed E-state index contributed by atoms with van der Waals surface area (Å²) in [5.74, 6) is 0.933. The predicted molar refractivity (Wildman–Crippen MR) is 103 cm³/mol. The number of anilines is 1. The zero-order valence-electron chi connectivity index (χ0n) is 15.5. The van der Waals surface area contributed by atoms with Crippen molar-refractivity contribution < 1.29 is 4.79 Å². The van der Waals surface area contributed by atoms with Gasteiger partial charge in [-0.25, -0.2) is 0 Å². The molecule has 0 saturated heterocycles. The van der Waals surface area contributed by atoms with Gasteiger partial charge in [-0.3, -0.25) is 24.1 Å². The molecule has 1 fully saturated rings. The van der Waals surface area contributed by atoms with Crippen molar-refractivity contribution in [2.75, 3.05) is 11.1 Å². The Labute approximate surface area is 156 Å². The maximum atomic E-state index is 12.9. The van der Waals surface area contributed by atoms with Crippen LogP contribution in [0.15, 0.2) is 4.79 Å². The van der Waals surface area contributed by atoms with Gasteiger partial charge in [-0.2, -0.15) is 5.10 Å². The Morgan fingerprint density at radius 2 is 1.85 bits per heavy atom. The molecule has 26 heavy (non-hydrogen) atoms.